The van der Waals surface area contributed by atoms with Crippen LogP contribution in [0.1, 0.15) is 23.6 Å². The minimum atomic E-state index is -0.592. The zero-order valence-electron chi connectivity index (χ0n) is 16.4. The van der Waals surface area contributed by atoms with E-state index < -0.39 is 11.6 Å². The predicted molar refractivity (Wildman–Crippen MR) is 117 cm³/mol. The largest absolute Gasteiger partial charge is 0.391 e. The van der Waals surface area contributed by atoms with E-state index in [0.717, 1.165) is 5.92 Å². The molecule has 2 aliphatic carbocycles. The first-order valence-corrected chi connectivity index (χ1v) is 10.1. The SMILES string of the molecule is C[C@H](NC1(c2ccccc2)c2ccccc2-c2ccccc21)[C@H](O)[C]1[CH][CH][CH][CH]1. The van der Waals surface area contributed by atoms with E-state index in [-0.39, 0.29) is 6.04 Å². The van der Waals surface area contributed by atoms with Crippen molar-refractivity contribution in [1.82, 2.24) is 5.32 Å². The van der Waals surface area contributed by atoms with Gasteiger partial charge in [-0.1, -0.05) is 78.9 Å². The molecular weight excluding hydrogens is 354 g/mol. The molecule has 0 spiro atoms. The lowest BCUT2D eigenvalue weighted by atomic mass is 9.79. The van der Waals surface area contributed by atoms with E-state index in [9.17, 15) is 5.11 Å². The summed E-state index contributed by atoms with van der Waals surface area (Å²) in [5.41, 5.74) is 5.62. The fourth-order valence-corrected chi connectivity index (χ4v) is 4.77. The maximum atomic E-state index is 11.0. The number of aliphatic hydroxyl groups excluding tert-OH is 1. The van der Waals surface area contributed by atoms with E-state index in [1.165, 1.54) is 27.8 Å². The lowest BCUT2D eigenvalue weighted by molar-refractivity contribution is 0.142. The Morgan fingerprint density at radius 3 is 1.83 bits per heavy atom. The zero-order chi connectivity index (χ0) is 19.8. The quantitative estimate of drug-likeness (QED) is 0.674. The number of nitrogens with one attached hydrogen (secondary N) is 1. The average molecular weight is 378 g/mol. The molecule has 1 saturated carbocycles. The van der Waals surface area contributed by atoms with E-state index in [0.29, 0.717) is 0 Å². The summed E-state index contributed by atoms with van der Waals surface area (Å²) in [5, 5.41) is 14.9. The normalized spacial score (nSPS) is 19.5. The monoisotopic (exact) mass is 378 g/mol. The molecule has 0 bridgehead atoms. The first kappa shape index (κ1) is 18.6. The Hall–Kier alpha value is -2.42. The van der Waals surface area contributed by atoms with Gasteiger partial charge in [0.05, 0.1) is 11.6 Å². The van der Waals surface area contributed by atoms with Crippen LogP contribution < -0.4 is 5.32 Å². The molecule has 143 valence electrons. The molecule has 29 heavy (non-hydrogen) atoms. The van der Waals surface area contributed by atoms with Crippen LogP contribution in [0, 0.1) is 31.6 Å². The lowest BCUT2D eigenvalue weighted by Gasteiger charge is -2.39. The highest BCUT2D eigenvalue weighted by atomic mass is 16.3. The Labute approximate surface area is 173 Å². The van der Waals surface area contributed by atoms with Crippen LogP contribution in [0.2, 0.25) is 0 Å². The summed E-state index contributed by atoms with van der Waals surface area (Å²) in [6.45, 7) is 2.06. The summed E-state index contributed by atoms with van der Waals surface area (Å²) >= 11 is 0. The summed E-state index contributed by atoms with van der Waals surface area (Å²) < 4.78 is 0. The Kier molecular flexibility index (Phi) is 4.77. The molecule has 2 atom stereocenters. The molecule has 5 radical (unpaired) electrons. The lowest BCUT2D eigenvalue weighted by Crippen LogP contribution is -2.52. The van der Waals surface area contributed by atoms with Crippen molar-refractivity contribution in [2.24, 2.45) is 0 Å². The average Bonchev–Trinajstić information content (AvgIpc) is 3.41. The topological polar surface area (TPSA) is 32.3 Å². The van der Waals surface area contributed by atoms with Crippen molar-refractivity contribution in [1.29, 1.82) is 0 Å². The van der Waals surface area contributed by atoms with Crippen LogP contribution in [0.4, 0.5) is 0 Å². The third-order valence-corrected chi connectivity index (χ3v) is 6.11. The molecule has 0 aliphatic heterocycles. The fourth-order valence-electron chi connectivity index (χ4n) is 4.77. The minimum Gasteiger partial charge on any atom is -0.391 e. The highest BCUT2D eigenvalue weighted by molar-refractivity contribution is 5.83. The van der Waals surface area contributed by atoms with Gasteiger partial charge in [-0.3, -0.25) is 5.32 Å². The van der Waals surface area contributed by atoms with Gasteiger partial charge in [-0.2, -0.15) is 0 Å². The summed E-state index contributed by atoms with van der Waals surface area (Å²) in [4.78, 5) is 0. The van der Waals surface area contributed by atoms with Crippen molar-refractivity contribution in [3.05, 3.63) is 127 Å². The van der Waals surface area contributed by atoms with Crippen molar-refractivity contribution in [2.45, 2.75) is 24.6 Å². The Morgan fingerprint density at radius 1 is 0.724 bits per heavy atom. The van der Waals surface area contributed by atoms with Gasteiger partial charge in [0.1, 0.15) is 0 Å². The third kappa shape index (κ3) is 2.94. The molecule has 2 aliphatic rings. The molecule has 2 N–H and O–H groups in total. The molecule has 0 heterocycles. The van der Waals surface area contributed by atoms with Crippen LogP contribution in [-0.2, 0) is 5.54 Å². The predicted octanol–water partition coefficient (Wildman–Crippen LogP) is 4.70. The van der Waals surface area contributed by atoms with E-state index in [1.54, 1.807) is 0 Å². The smallest absolute Gasteiger partial charge is 0.0962 e. The number of aliphatic hydroxyl groups is 1. The number of benzene rings is 3. The van der Waals surface area contributed by atoms with Gasteiger partial charge in [0.25, 0.3) is 0 Å². The van der Waals surface area contributed by atoms with Gasteiger partial charge in [-0.25, -0.2) is 0 Å². The summed E-state index contributed by atoms with van der Waals surface area (Å²) in [6, 6.07) is 27.6. The standard InChI is InChI=1S/C27H24NO/c1-19(26(29)20-11-5-6-12-20)28-27(21-13-3-2-4-14-21)24-17-9-7-15-22(24)23-16-8-10-18-25(23)27/h2-19,26,28-29H,1H3/t19-,26-/m0/s1. The molecule has 5 rings (SSSR count). The summed E-state index contributed by atoms with van der Waals surface area (Å²) in [6.07, 6.45) is 7.31. The van der Waals surface area contributed by atoms with Gasteiger partial charge >= 0.3 is 0 Å². The molecule has 0 aromatic heterocycles. The highest BCUT2D eigenvalue weighted by Gasteiger charge is 2.46. The zero-order valence-corrected chi connectivity index (χ0v) is 16.4. The maximum Gasteiger partial charge on any atom is 0.0962 e. The Morgan fingerprint density at radius 2 is 1.24 bits per heavy atom. The molecule has 3 aromatic rings. The second-order valence-corrected chi connectivity index (χ2v) is 7.80. The second kappa shape index (κ2) is 7.44. The highest BCUT2D eigenvalue weighted by Crippen LogP contribution is 2.51. The van der Waals surface area contributed by atoms with E-state index in [1.807, 2.05) is 31.7 Å². The molecule has 1 fully saturated rings. The Balaban J connectivity index is 1.67. The van der Waals surface area contributed by atoms with Crippen LogP contribution in [0.3, 0.4) is 0 Å². The minimum absolute atomic E-state index is 0.156. The Bertz CT molecular complexity index is 945. The first-order valence-electron chi connectivity index (χ1n) is 10.1. The molecule has 2 heteroatoms. The van der Waals surface area contributed by atoms with Gasteiger partial charge in [0.2, 0.25) is 0 Å². The molecule has 3 aromatic carbocycles. The number of rotatable bonds is 5. The molecular formula is C27H24NO. The van der Waals surface area contributed by atoms with Crippen LogP contribution >= 0.6 is 0 Å². The van der Waals surface area contributed by atoms with Crippen molar-refractivity contribution in [3.8, 4) is 11.1 Å². The van der Waals surface area contributed by atoms with E-state index >= 15 is 0 Å². The third-order valence-electron chi connectivity index (χ3n) is 6.11. The van der Waals surface area contributed by atoms with Gasteiger partial charge in [-0.05, 0) is 60.4 Å². The van der Waals surface area contributed by atoms with Gasteiger partial charge < -0.3 is 5.11 Å². The van der Waals surface area contributed by atoms with Crippen LogP contribution in [0.5, 0.6) is 0 Å². The first-order chi connectivity index (χ1) is 14.2. The van der Waals surface area contributed by atoms with Crippen molar-refractivity contribution >= 4 is 0 Å². The molecule has 0 saturated heterocycles. The van der Waals surface area contributed by atoms with E-state index in [4.69, 9.17) is 0 Å². The van der Waals surface area contributed by atoms with Crippen LogP contribution in [-0.4, -0.2) is 17.3 Å². The van der Waals surface area contributed by atoms with Gasteiger partial charge in [0, 0.05) is 12.0 Å². The number of hydrogen-bond acceptors (Lipinski definition) is 2. The molecule has 2 nitrogen and oxygen atoms in total. The second-order valence-electron chi connectivity index (χ2n) is 7.80. The van der Waals surface area contributed by atoms with Gasteiger partial charge in [0.15, 0.2) is 0 Å². The molecule has 0 unspecified atom stereocenters. The van der Waals surface area contributed by atoms with Crippen molar-refractivity contribution < 1.29 is 5.11 Å². The number of hydrogen-bond donors (Lipinski definition) is 2. The maximum absolute atomic E-state index is 11.0. The van der Waals surface area contributed by atoms with Gasteiger partial charge in [-0.15, -0.1) is 0 Å². The van der Waals surface area contributed by atoms with Crippen molar-refractivity contribution in [2.75, 3.05) is 0 Å². The van der Waals surface area contributed by atoms with Crippen LogP contribution in [0.25, 0.3) is 11.1 Å². The van der Waals surface area contributed by atoms with Crippen LogP contribution in [0.15, 0.2) is 78.9 Å². The van der Waals surface area contributed by atoms with Crippen molar-refractivity contribution in [3.63, 3.8) is 0 Å². The fraction of sp³-hybridized carbons (Fsp3) is 0.148. The summed E-state index contributed by atoms with van der Waals surface area (Å²) in [7, 11) is 0. The van der Waals surface area contributed by atoms with E-state index in [2.05, 4.69) is 85.0 Å². The molecule has 0 amide bonds. The summed E-state index contributed by atoms with van der Waals surface area (Å²) in [5.74, 6) is 0.938. The number of fused-ring (bicyclic) bond motifs is 3.